The van der Waals surface area contributed by atoms with E-state index in [0.717, 1.165) is 5.17 Å². The molecular formula is C4H14N4O2. The lowest BCUT2D eigenvalue weighted by Crippen LogP contribution is -3.05. The van der Waals surface area contributed by atoms with E-state index in [1.165, 1.54) is 7.05 Å². The topological polar surface area (TPSA) is 92.0 Å². The van der Waals surface area contributed by atoms with Crippen LogP contribution in [-0.2, 0) is 4.94 Å². The van der Waals surface area contributed by atoms with E-state index < -0.39 is 10.9 Å². The van der Waals surface area contributed by atoms with Gasteiger partial charge in [-0.15, -0.1) is 0 Å². The Labute approximate surface area is 59.8 Å². The average Bonchev–Trinajstić information content (AvgIpc) is 1.60. The molecule has 0 heterocycles. The summed E-state index contributed by atoms with van der Waals surface area (Å²) in [6, 6.07) is 0. The van der Waals surface area contributed by atoms with Crippen LogP contribution in [0.2, 0.25) is 0 Å². The quantitative estimate of drug-likeness (QED) is 0.239. The molecule has 0 saturated heterocycles. The third kappa shape index (κ3) is 3.72. The summed E-state index contributed by atoms with van der Waals surface area (Å²) < 4.78 is 0. The first-order valence-electron chi connectivity index (χ1n) is 2.86. The fourth-order valence-corrected chi connectivity index (χ4v) is 0.256. The van der Waals surface area contributed by atoms with Gasteiger partial charge in [-0.1, -0.05) is 10.1 Å². The van der Waals surface area contributed by atoms with Crippen molar-refractivity contribution >= 4 is 0 Å². The highest BCUT2D eigenvalue weighted by molar-refractivity contribution is 4.61. The molecule has 0 bridgehead atoms. The van der Waals surface area contributed by atoms with Crippen LogP contribution >= 0.6 is 0 Å². The molecule has 0 aromatic carbocycles. The minimum Gasteiger partial charge on any atom is -0.599 e. The van der Waals surface area contributed by atoms with Crippen LogP contribution in [0.3, 0.4) is 0 Å². The van der Waals surface area contributed by atoms with Crippen LogP contribution in [0.5, 0.6) is 0 Å². The smallest absolute Gasteiger partial charge is 0.109 e. The van der Waals surface area contributed by atoms with E-state index in [-0.39, 0.29) is 0 Å². The molecule has 0 aromatic heterocycles. The highest BCUT2D eigenvalue weighted by Gasteiger charge is 2.21. The summed E-state index contributed by atoms with van der Waals surface area (Å²) in [4.78, 5) is 4.46. The zero-order valence-corrected chi connectivity index (χ0v) is 6.42. The first-order valence-corrected chi connectivity index (χ1v) is 2.86. The van der Waals surface area contributed by atoms with E-state index in [1.807, 2.05) is 0 Å². The monoisotopic (exact) mass is 150 g/mol. The number of rotatable bonds is 3. The second kappa shape index (κ2) is 3.24. The fraction of sp³-hybridized carbons (Fsp3) is 1.00. The maximum atomic E-state index is 10.3. The van der Waals surface area contributed by atoms with Gasteiger partial charge in [-0.3, -0.25) is 0 Å². The lowest BCUT2D eigenvalue weighted by atomic mass is 10.3. The van der Waals surface area contributed by atoms with Gasteiger partial charge in [0.2, 0.25) is 0 Å². The Bertz CT molecular complexity index is 99.9. The van der Waals surface area contributed by atoms with Crippen molar-refractivity contribution in [1.82, 2.24) is 5.17 Å². The molecule has 1 atom stereocenters. The summed E-state index contributed by atoms with van der Waals surface area (Å²) in [6.07, 6.45) is 0. The Morgan fingerprint density at radius 3 is 2.10 bits per heavy atom. The Morgan fingerprint density at radius 1 is 1.60 bits per heavy atom. The van der Waals surface area contributed by atoms with Crippen molar-refractivity contribution in [2.75, 3.05) is 7.05 Å². The largest absolute Gasteiger partial charge is 0.599 e. The summed E-state index contributed by atoms with van der Waals surface area (Å²) in [5.41, 5.74) is 4.61. The van der Waals surface area contributed by atoms with E-state index >= 15 is 0 Å². The molecule has 0 amide bonds. The zero-order valence-electron chi connectivity index (χ0n) is 6.42. The SMILES string of the molecule is C[NH+]([O-])ON(N)C(C)(C)N. The van der Waals surface area contributed by atoms with E-state index in [2.05, 4.69) is 4.94 Å². The lowest BCUT2D eigenvalue weighted by molar-refractivity contribution is -1.07. The molecule has 10 heavy (non-hydrogen) atoms. The standard InChI is InChI=1S/C4H14N4O2/c1-4(2,5)8(6)10-7(3)9/h7H,5-6H2,1-3H3. The molecule has 0 fully saturated rings. The van der Waals surface area contributed by atoms with Gasteiger partial charge in [-0.25, -0.2) is 11.1 Å². The highest BCUT2D eigenvalue weighted by Crippen LogP contribution is 1.97. The molecule has 0 aliphatic heterocycles. The molecule has 0 rings (SSSR count). The van der Waals surface area contributed by atoms with Crippen LogP contribution in [0.4, 0.5) is 0 Å². The Kier molecular flexibility index (Phi) is 3.16. The molecule has 0 spiro atoms. The summed E-state index contributed by atoms with van der Waals surface area (Å²) in [7, 11) is 1.26. The predicted octanol–water partition coefficient (Wildman–Crippen LogP) is -2.28. The van der Waals surface area contributed by atoms with Gasteiger partial charge in [0.1, 0.15) is 5.66 Å². The van der Waals surface area contributed by atoms with Gasteiger partial charge in [-0.05, 0) is 13.8 Å². The Morgan fingerprint density at radius 2 is 2.00 bits per heavy atom. The molecule has 0 saturated carbocycles. The van der Waals surface area contributed by atoms with Crippen molar-refractivity contribution < 1.29 is 10.2 Å². The lowest BCUT2D eigenvalue weighted by Gasteiger charge is -2.30. The van der Waals surface area contributed by atoms with Gasteiger partial charge in [-0.2, -0.15) is 0 Å². The number of hydroxylamine groups is 3. The van der Waals surface area contributed by atoms with E-state index in [9.17, 15) is 5.21 Å². The van der Waals surface area contributed by atoms with Crippen LogP contribution in [0.1, 0.15) is 13.8 Å². The van der Waals surface area contributed by atoms with E-state index in [1.54, 1.807) is 13.8 Å². The summed E-state index contributed by atoms with van der Waals surface area (Å²) in [5.74, 6) is 5.22. The van der Waals surface area contributed by atoms with Gasteiger partial charge in [0.15, 0.2) is 0 Å². The first-order chi connectivity index (χ1) is 4.34. The molecule has 6 nitrogen and oxygen atoms in total. The molecule has 0 aliphatic carbocycles. The fourth-order valence-electron chi connectivity index (χ4n) is 0.256. The van der Waals surface area contributed by atoms with Crippen LogP contribution < -0.4 is 16.8 Å². The number of nitrogens with one attached hydrogen (secondary N) is 1. The second-order valence-corrected chi connectivity index (χ2v) is 2.56. The number of hydrazine groups is 1. The van der Waals surface area contributed by atoms with Crippen molar-refractivity contribution in [3.05, 3.63) is 5.21 Å². The van der Waals surface area contributed by atoms with Gasteiger partial charge in [0.05, 0.1) is 7.05 Å². The molecular weight excluding hydrogens is 136 g/mol. The van der Waals surface area contributed by atoms with Gasteiger partial charge < -0.3 is 10.9 Å². The van der Waals surface area contributed by atoms with Crippen molar-refractivity contribution in [3.8, 4) is 0 Å². The highest BCUT2D eigenvalue weighted by atomic mass is 17.0. The first kappa shape index (κ1) is 9.76. The Balaban J connectivity index is 3.73. The van der Waals surface area contributed by atoms with Crippen molar-refractivity contribution in [1.29, 1.82) is 0 Å². The zero-order chi connectivity index (χ0) is 8.36. The van der Waals surface area contributed by atoms with Crippen molar-refractivity contribution in [3.63, 3.8) is 0 Å². The maximum Gasteiger partial charge on any atom is 0.109 e. The van der Waals surface area contributed by atoms with Crippen LogP contribution in [0.15, 0.2) is 0 Å². The second-order valence-electron chi connectivity index (χ2n) is 2.56. The molecule has 1 unspecified atom stereocenters. The molecule has 0 radical (unpaired) electrons. The van der Waals surface area contributed by atoms with E-state index in [0.29, 0.717) is 0 Å². The minimum atomic E-state index is -0.842. The normalized spacial score (nSPS) is 15.9. The molecule has 0 aromatic rings. The number of quaternary nitrogens is 1. The maximum absolute atomic E-state index is 10.3. The summed E-state index contributed by atoms with van der Waals surface area (Å²) in [5, 5.41) is 10.6. The van der Waals surface area contributed by atoms with Crippen LogP contribution in [-0.4, -0.2) is 17.9 Å². The summed E-state index contributed by atoms with van der Waals surface area (Å²) in [6.45, 7) is 3.24. The molecule has 5 N–H and O–H groups in total. The van der Waals surface area contributed by atoms with E-state index in [4.69, 9.17) is 11.6 Å². The summed E-state index contributed by atoms with van der Waals surface area (Å²) >= 11 is 0. The average molecular weight is 150 g/mol. The number of nitrogens with two attached hydrogens (primary N) is 2. The van der Waals surface area contributed by atoms with Crippen LogP contribution in [0, 0.1) is 5.21 Å². The van der Waals surface area contributed by atoms with Gasteiger partial charge in [0.25, 0.3) is 0 Å². The number of nitrogens with zero attached hydrogens (tertiary/aromatic N) is 1. The predicted molar refractivity (Wildman–Crippen MR) is 35.6 cm³/mol. The Hall–Kier alpha value is -0.240. The van der Waals surface area contributed by atoms with Crippen molar-refractivity contribution in [2.45, 2.75) is 19.5 Å². The number of hydrogen-bond acceptors (Lipinski definition) is 5. The third-order valence-electron chi connectivity index (χ3n) is 0.795. The van der Waals surface area contributed by atoms with Crippen molar-refractivity contribution in [2.24, 2.45) is 11.6 Å². The van der Waals surface area contributed by atoms with Gasteiger partial charge in [0, 0.05) is 0 Å². The molecule has 6 heteroatoms. The molecule has 62 valence electrons. The number of hydrogen-bond donors (Lipinski definition) is 3. The third-order valence-corrected chi connectivity index (χ3v) is 0.795. The van der Waals surface area contributed by atoms with Crippen LogP contribution in [0.25, 0.3) is 0 Å². The minimum absolute atomic E-state index is 0.485. The van der Waals surface area contributed by atoms with Gasteiger partial charge >= 0.3 is 0 Å². The molecule has 0 aliphatic rings.